The predicted octanol–water partition coefficient (Wildman–Crippen LogP) is 0.233. The highest BCUT2D eigenvalue weighted by molar-refractivity contribution is 5.88. The van der Waals surface area contributed by atoms with Crippen molar-refractivity contribution in [3.8, 4) is 0 Å². The number of carboxylic acid groups (broad SMARTS) is 1. The summed E-state index contributed by atoms with van der Waals surface area (Å²) in [6.07, 6.45) is 0. The van der Waals surface area contributed by atoms with Crippen molar-refractivity contribution in [2.24, 2.45) is 0 Å². The van der Waals surface area contributed by atoms with Gasteiger partial charge in [0.2, 0.25) is 5.91 Å². The SMILES string of the molecule is CNC(=O)C1COCCN1Cc1cc(C(=O)O)c(C)o1. The molecule has 1 aromatic rings. The lowest BCUT2D eigenvalue weighted by Crippen LogP contribution is -2.52. The van der Waals surface area contributed by atoms with Crippen LogP contribution in [-0.4, -0.2) is 54.7 Å². The van der Waals surface area contributed by atoms with Gasteiger partial charge in [-0.3, -0.25) is 9.69 Å². The number of likely N-dealkylation sites (N-methyl/N-ethyl adjacent to an activating group) is 1. The monoisotopic (exact) mass is 282 g/mol. The first-order chi connectivity index (χ1) is 9.52. The number of hydrogen-bond acceptors (Lipinski definition) is 5. The number of aromatic carboxylic acids is 1. The molecule has 7 heteroatoms. The molecule has 0 saturated carbocycles. The molecule has 110 valence electrons. The smallest absolute Gasteiger partial charge is 0.339 e. The summed E-state index contributed by atoms with van der Waals surface area (Å²) < 4.78 is 10.8. The van der Waals surface area contributed by atoms with E-state index < -0.39 is 5.97 Å². The van der Waals surface area contributed by atoms with E-state index in [1.54, 1.807) is 14.0 Å². The zero-order valence-corrected chi connectivity index (χ0v) is 11.5. The fraction of sp³-hybridized carbons (Fsp3) is 0.538. The Hall–Kier alpha value is -1.86. The molecule has 7 nitrogen and oxygen atoms in total. The van der Waals surface area contributed by atoms with Gasteiger partial charge < -0.3 is 19.6 Å². The van der Waals surface area contributed by atoms with Crippen molar-refractivity contribution < 1.29 is 23.8 Å². The first kappa shape index (κ1) is 14.5. The Kier molecular flexibility index (Phi) is 4.41. The van der Waals surface area contributed by atoms with Crippen molar-refractivity contribution in [3.05, 3.63) is 23.2 Å². The highest BCUT2D eigenvalue weighted by atomic mass is 16.5. The summed E-state index contributed by atoms with van der Waals surface area (Å²) in [5, 5.41) is 11.6. The Morgan fingerprint density at radius 1 is 1.55 bits per heavy atom. The number of aryl methyl sites for hydroxylation is 1. The molecule has 1 fully saturated rings. The summed E-state index contributed by atoms with van der Waals surface area (Å²) in [5.74, 6) is -0.221. The summed E-state index contributed by atoms with van der Waals surface area (Å²) in [5.41, 5.74) is 0.157. The fourth-order valence-electron chi connectivity index (χ4n) is 2.27. The summed E-state index contributed by atoms with van der Waals surface area (Å²) in [6.45, 7) is 3.46. The van der Waals surface area contributed by atoms with Crippen LogP contribution in [0.2, 0.25) is 0 Å². The van der Waals surface area contributed by atoms with E-state index in [-0.39, 0.29) is 17.5 Å². The predicted molar refractivity (Wildman–Crippen MR) is 69.5 cm³/mol. The maximum absolute atomic E-state index is 11.8. The summed E-state index contributed by atoms with van der Waals surface area (Å²) in [7, 11) is 1.58. The largest absolute Gasteiger partial charge is 0.478 e. The van der Waals surface area contributed by atoms with Crippen molar-refractivity contribution in [1.29, 1.82) is 0 Å². The van der Waals surface area contributed by atoms with Crippen molar-refractivity contribution in [3.63, 3.8) is 0 Å². The molecule has 2 N–H and O–H groups in total. The molecule has 1 aliphatic heterocycles. The molecule has 2 rings (SSSR count). The van der Waals surface area contributed by atoms with Gasteiger partial charge >= 0.3 is 5.97 Å². The number of furan rings is 1. The average Bonchev–Trinajstić information content (AvgIpc) is 2.79. The van der Waals surface area contributed by atoms with Crippen LogP contribution in [-0.2, 0) is 16.1 Å². The standard InChI is InChI=1S/C13H18N2O5/c1-8-10(13(17)18)5-9(20-8)6-15-3-4-19-7-11(15)12(16)14-2/h5,11H,3-4,6-7H2,1-2H3,(H,14,16)(H,17,18). The Bertz CT molecular complexity index is 511. The normalized spacial score (nSPS) is 19.8. The van der Waals surface area contributed by atoms with Crippen molar-refractivity contribution >= 4 is 11.9 Å². The van der Waals surface area contributed by atoms with E-state index >= 15 is 0 Å². The Morgan fingerprint density at radius 2 is 2.30 bits per heavy atom. The van der Waals surface area contributed by atoms with Gasteiger partial charge in [0, 0.05) is 13.6 Å². The molecule has 1 aromatic heterocycles. The third-order valence-electron chi connectivity index (χ3n) is 3.35. The fourth-order valence-corrected chi connectivity index (χ4v) is 2.27. The molecule has 0 aliphatic carbocycles. The molecule has 2 heterocycles. The highest BCUT2D eigenvalue weighted by Crippen LogP contribution is 2.18. The lowest BCUT2D eigenvalue weighted by atomic mass is 10.2. The minimum Gasteiger partial charge on any atom is -0.478 e. The van der Waals surface area contributed by atoms with Gasteiger partial charge in [-0.05, 0) is 13.0 Å². The van der Waals surface area contributed by atoms with Crippen LogP contribution in [0, 0.1) is 6.92 Å². The van der Waals surface area contributed by atoms with E-state index in [1.807, 2.05) is 4.90 Å². The number of hydrogen-bond donors (Lipinski definition) is 2. The van der Waals surface area contributed by atoms with E-state index in [4.69, 9.17) is 14.3 Å². The van der Waals surface area contributed by atoms with E-state index in [0.29, 0.717) is 37.8 Å². The van der Waals surface area contributed by atoms with Gasteiger partial charge in [-0.2, -0.15) is 0 Å². The average molecular weight is 282 g/mol. The number of carbonyl (C=O) groups excluding carboxylic acids is 1. The molecule has 1 aliphatic rings. The molecule has 1 unspecified atom stereocenters. The minimum absolute atomic E-state index is 0.119. The third kappa shape index (κ3) is 3.00. The number of carboxylic acids is 1. The molecule has 0 aromatic carbocycles. The topological polar surface area (TPSA) is 92.0 Å². The quantitative estimate of drug-likeness (QED) is 0.821. The number of rotatable bonds is 4. The van der Waals surface area contributed by atoms with Gasteiger partial charge in [0.15, 0.2) is 0 Å². The van der Waals surface area contributed by atoms with E-state index in [0.717, 1.165) is 0 Å². The van der Waals surface area contributed by atoms with E-state index in [2.05, 4.69) is 5.32 Å². The number of carbonyl (C=O) groups is 2. The first-order valence-corrected chi connectivity index (χ1v) is 6.39. The van der Waals surface area contributed by atoms with Crippen molar-refractivity contribution in [2.75, 3.05) is 26.8 Å². The number of nitrogens with zero attached hydrogens (tertiary/aromatic N) is 1. The molecule has 20 heavy (non-hydrogen) atoms. The minimum atomic E-state index is -1.01. The van der Waals surface area contributed by atoms with Gasteiger partial charge in [0.1, 0.15) is 23.1 Å². The maximum atomic E-state index is 11.8. The lowest BCUT2D eigenvalue weighted by Gasteiger charge is -2.33. The molecular formula is C13H18N2O5. The summed E-state index contributed by atoms with van der Waals surface area (Å²) >= 11 is 0. The van der Waals surface area contributed by atoms with Crippen LogP contribution >= 0.6 is 0 Å². The first-order valence-electron chi connectivity index (χ1n) is 6.39. The van der Waals surface area contributed by atoms with Gasteiger partial charge in [-0.15, -0.1) is 0 Å². The second-order valence-corrected chi connectivity index (χ2v) is 4.66. The summed E-state index contributed by atoms with van der Waals surface area (Å²) in [6, 6.07) is 1.13. The van der Waals surface area contributed by atoms with Gasteiger partial charge in [0.25, 0.3) is 0 Å². The maximum Gasteiger partial charge on any atom is 0.339 e. The zero-order valence-electron chi connectivity index (χ0n) is 11.5. The molecule has 0 spiro atoms. The van der Waals surface area contributed by atoms with Crippen LogP contribution in [0.15, 0.2) is 10.5 Å². The van der Waals surface area contributed by atoms with Crippen LogP contribution in [0.5, 0.6) is 0 Å². The third-order valence-corrected chi connectivity index (χ3v) is 3.35. The summed E-state index contributed by atoms with van der Waals surface area (Å²) in [4.78, 5) is 24.7. The Balaban J connectivity index is 2.12. The number of amides is 1. The lowest BCUT2D eigenvalue weighted by molar-refractivity contribution is -0.132. The van der Waals surface area contributed by atoms with Crippen LogP contribution in [0.25, 0.3) is 0 Å². The molecule has 1 saturated heterocycles. The Labute approximate surface area is 116 Å². The molecule has 1 amide bonds. The number of nitrogens with one attached hydrogen (secondary N) is 1. The molecule has 0 radical (unpaired) electrons. The van der Waals surface area contributed by atoms with Gasteiger partial charge in [-0.1, -0.05) is 0 Å². The number of morpholine rings is 1. The van der Waals surface area contributed by atoms with E-state index in [1.165, 1.54) is 6.07 Å². The van der Waals surface area contributed by atoms with Crippen LogP contribution in [0.3, 0.4) is 0 Å². The molecule has 1 atom stereocenters. The number of ether oxygens (including phenoxy) is 1. The van der Waals surface area contributed by atoms with Crippen LogP contribution < -0.4 is 5.32 Å². The van der Waals surface area contributed by atoms with Crippen molar-refractivity contribution in [2.45, 2.75) is 19.5 Å². The highest BCUT2D eigenvalue weighted by Gasteiger charge is 2.29. The Morgan fingerprint density at radius 3 is 2.90 bits per heavy atom. The molecule has 0 bridgehead atoms. The van der Waals surface area contributed by atoms with Crippen LogP contribution in [0.1, 0.15) is 21.9 Å². The molecular weight excluding hydrogens is 264 g/mol. The van der Waals surface area contributed by atoms with Crippen LogP contribution in [0.4, 0.5) is 0 Å². The second kappa shape index (κ2) is 6.06. The second-order valence-electron chi connectivity index (χ2n) is 4.66. The van der Waals surface area contributed by atoms with Gasteiger partial charge in [0.05, 0.1) is 19.8 Å². The van der Waals surface area contributed by atoms with E-state index in [9.17, 15) is 9.59 Å². The van der Waals surface area contributed by atoms with Gasteiger partial charge in [-0.25, -0.2) is 4.79 Å². The zero-order chi connectivity index (χ0) is 14.7. The van der Waals surface area contributed by atoms with Crippen molar-refractivity contribution in [1.82, 2.24) is 10.2 Å².